The molecule has 0 N–H and O–H groups in total. The highest BCUT2D eigenvalue weighted by Gasteiger charge is 2.37. The summed E-state index contributed by atoms with van der Waals surface area (Å²) in [7, 11) is 0. The third kappa shape index (κ3) is 2.61. The quantitative estimate of drug-likeness (QED) is 0.247. The van der Waals surface area contributed by atoms with Crippen molar-refractivity contribution in [1.82, 2.24) is 0 Å². The highest BCUT2D eigenvalue weighted by molar-refractivity contribution is 14.1. The molecule has 20 heavy (non-hydrogen) atoms. The van der Waals surface area contributed by atoms with Crippen LogP contribution in [0, 0.1) is 13.8 Å². The molecule has 0 spiro atoms. The number of carbonyl (C=O) groups is 2. The van der Waals surface area contributed by atoms with Crippen molar-refractivity contribution in [3.8, 4) is 0 Å². The number of halogens is 1. The van der Waals surface area contributed by atoms with Gasteiger partial charge in [0.05, 0.1) is 11.1 Å². The Morgan fingerprint density at radius 2 is 1.80 bits per heavy atom. The molecule has 1 aromatic rings. The SMILES string of the molecule is CC(C)=C1C(=O)OC(=O)C1=C(CI)c1cc(C)sc1C. The van der Waals surface area contributed by atoms with E-state index in [9.17, 15) is 9.59 Å². The number of hydrogen-bond donors (Lipinski definition) is 0. The van der Waals surface area contributed by atoms with E-state index < -0.39 is 11.9 Å². The van der Waals surface area contributed by atoms with Gasteiger partial charge >= 0.3 is 11.9 Å². The monoisotopic (exact) mass is 402 g/mol. The molecule has 2 heterocycles. The van der Waals surface area contributed by atoms with Gasteiger partial charge in [-0.1, -0.05) is 28.2 Å². The molecule has 5 heteroatoms. The Bertz CT molecular complexity index is 661. The number of cyclic esters (lactones) is 2. The van der Waals surface area contributed by atoms with Crippen molar-refractivity contribution in [2.75, 3.05) is 4.43 Å². The second-order valence-electron chi connectivity index (χ2n) is 4.87. The largest absolute Gasteiger partial charge is 0.386 e. The number of aryl methyl sites for hydroxylation is 2. The first-order valence-corrected chi connectivity index (χ1v) is 8.51. The maximum absolute atomic E-state index is 12.1. The molecule has 1 aliphatic rings. The molecule has 2 rings (SSSR count). The van der Waals surface area contributed by atoms with Crippen LogP contribution in [0.2, 0.25) is 0 Å². The number of esters is 2. The van der Waals surface area contributed by atoms with E-state index in [0.717, 1.165) is 21.6 Å². The minimum atomic E-state index is -0.531. The smallest absolute Gasteiger partial charge is 0.347 e. The van der Waals surface area contributed by atoms with Crippen LogP contribution in [-0.4, -0.2) is 16.4 Å². The first-order chi connectivity index (χ1) is 9.36. The predicted molar refractivity (Wildman–Crippen MR) is 89.1 cm³/mol. The average molecular weight is 402 g/mol. The van der Waals surface area contributed by atoms with E-state index >= 15 is 0 Å². The van der Waals surface area contributed by atoms with E-state index in [1.165, 1.54) is 4.88 Å². The molecular formula is C15H15IO3S. The number of thiophene rings is 1. The van der Waals surface area contributed by atoms with Gasteiger partial charge in [0.1, 0.15) is 0 Å². The Labute approximate surface area is 135 Å². The van der Waals surface area contributed by atoms with Crippen LogP contribution in [0.5, 0.6) is 0 Å². The molecule has 1 aromatic heterocycles. The van der Waals surface area contributed by atoms with Crippen LogP contribution in [0.3, 0.4) is 0 Å². The first kappa shape index (κ1) is 15.4. The summed E-state index contributed by atoms with van der Waals surface area (Å²) in [5.41, 5.74) is 3.60. The van der Waals surface area contributed by atoms with E-state index in [1.54, 1.807) is 11.3 Å². The van der Waals surface area contributed by atoms with Crippen molar-refractivity contribution in [1.29, 1.82) is 0 Å². The normalized spacial score (nSPS) is 17.6. The molecule has 0 saturated carbocycles. The summed E-state index contributed by atoms with van der Waals surface area (Å²) in [4.78, 5) is 26.2. The lowest BCUT2D eigenvalue weighted by atomic mass is 9.95. The lowest BCUT2D eigenvalue weighted by Crippen LogP contribution is -2.02. The van der Waals surface area contributed by atoms with Gasteiger partial charge in [-0.3, -0.25) is 0 Å². The van der Waals surface area contributed by atoms with Gasteiger partial charge in [-0.15, -0.1) is 11.3 Å². The standard InChI is InChI=1S/C15H15IO3S/c1-7(2)12-13(15(18)19-14(12)17)11(6-16)10-5-8(3)20-9(10)4/h5H,6H2,1-4H3. The molecule has 1 saturated heterocycles. The van der Waals surface area contributed by atoms with Crippen molar-refractivity contribution in [2.24, 2.45) is 0 Å². The second-order valence-corrected chi connectivity index (χ2v) is 7.09. The zero-order valence-electron chi connectivity index (χ0n) is 11.8. The first-order valence-electron chi connectivity index (χ1n) is 6.17. The van der Waals surface area contributed by atoms with Gasteiger partial charge in [-0.2, -0.15) is 0 Å². The van der Waals surface area contributed by atoms with Gasteiger partial charge in [0.25, 0.3) is 0 Å². The van der Waals surface area contributed by atoms with Crippen LogP contribution < -0.4 is 0 Å². The summed E-state index contributed by atoms with van der Waals surface area (Å²) >= 11 is 3.92. The molecule has 3 nitrogen and oxygen atoms in total. The van der Waals surface area contributed by atoms with E-state index in [1.807, 2.05) is 27.7 Å². The summed E-state index contributed by atoms with van der Waals surface area (Å²) in [6, 6.07) is 2.07. The molecule has 0 aromatic carbocycles. The van der Waals surface area contributed by atoms with Crippen LogP contribution >= 0.6 is 33.9 Å². The fourth-order valence-electron chi connectivity index (χ4n) is 2.32. The topological polar surface area (TPSA) is 43.4 Å². The van der Waals surface area contributed by atoms with Gasteiger partial charge in [0.15, 0.2) is 0 Å². The Hall–Kier alpha value is -0.950. The Morgan fingerprint density at radius 1 is 1.20 bits per heavy atom. The second kappa shape index (κ2) is 5.81. The minimum absolute atomic E-state index is 0.421. The van der Waals surface area contributed by atoms with Crippen molar-refractivity contribution >= 4 is 51.4 Å². The van der Waals surface area contributed by atoms with E-state index in [-0.39, 0.29) is 0 Å². The molecule has 0 aliphatic carbocycles. The molecule has 0 atom stereocenters. The van der Waals surface area contributed by atoms with Crippen LogP contribution in [0.15, 0.2) is 22.8 Å². The van der Waals surface area contributed by atoms with Crippen LogP contribution in [0.4, 0.5) is 0 Å². The van der Waals surface area contributed by atoms with Crippen molar-refractivity contribution in [3.05, 3.63) is 38.1 Å². The summed E-state index contributed by atoms with van der Waals surface area (Å²) in [5.74, 6) is -1.06. The lowest BCUT2D eigenvalue weighted by Gasteiger charge is -2.07. The van der Waals surface area contributed by atoms with Crippen LogP contribution in [-0.2, 0) is 14.3 Å². The van der Waals surface area contributed by atoms with Crippen molar-refractivity contribution in [3.63, 3.8) is 0 Å². The minimum Gasteiger partial charge on any atom is -0.386 e. The van der Waals surface area contributed by atoms with Gasteiger partial charge in [-0.25, -0.2) is 9.59 Å². The Balaban J connectivity index is 2.75. The van der Waals surface area contributed by atoms with Crippen LogP contribution in [0.1, 0.15) is 29.2 Å². The highest BCUT2D eigenvalue weighted by atomic mass is 127. The van der Waals surface area contributed by atoms with E-state index in [2.05, 4.69) is 28.7 Å². The summed E-state index contributed by atoms with van der Waals surface area (Å²) in [6.07, 6.45) is 0. The van der Waals surface area contributed by atoms with E-state index in [0.29, 0.717) is 15.6 Å². The van der Waals surface area contributed by atoms with E-state index in [4.69, 9.17) is 4.74 Å². The number of ether oxygens (including phenoxy) is 1. The number of hydrogen-bond acceptors (Lipinski definition) is 4. The maximum Gasteiger partial charge on any atom is 0.347 e. The molecule has 0 bridgehead atoms. The molecule has 106 valence electrons. The number of alkyl halides is 1. The summed E-state index contributed by atoms with van der Waals surface area (Å²) in [5, 5.41) is 0. The molecule has 0 unspecified atom stereocenters. The van der Waals surface area contributed by atoms with Crippen LogP contribution in [0.25, 0.3) is 5.57 Å². The molecule has 1 aliphatic heterocycles. The maximum atomic E-state index is 12.1. The van der Waals surface area contributed by atoms with Crippen molar-refractivity contribution in [2.45, 2.75) is 27.7 Å². The lowest BCUT2D eigenvalue weighted by molar-refractivity contribution is -0.149. The zero-order chi connectivity index (χ0) is 15.0. The molecule has 0 amide bonds. The fourth-order valence-corrected chi connectivity index (χ4v) is 4.07. The average Bonchev–Trinajstić information content (AvgIpc) is 2.81. The molecular weight excluding hydrogens is 387 g/mol. The predicted octanol–water partition coefficient (Wildman–Crippen LogP) is 3.97. The van der Waals surface area contributed by atoms with Gasteiger partial charge < -0.3 is 4.74 Å². The fraction of sp³-hybridized carbons (Fsp3) is 0.333. The number of rotatable bonds is 2. The third-order valence-corrected chi connectivity index (χ3v) is 4.87. The number of allylic oxidation sites excluding steroid dienone is 2. The van der Waals surface area contributed by atoms with Gasteiger partial charge in [0, 0.05) is 14.2 Å². The van der Waals surface area contributed by atoms with Crippen molar-refractivity contribution < 1.29 is 14.3 Å². The highest BCUT2D eigenvalue weighted by Crippen LogP contribution is 2.36. The molecule has 1 fully saturated rings. The van der Waals surface area contributed by atoms with Gasteiger partial charge in [-0.05, 0) is 44.9 Å². The number of carbonyl (C=O) groups excluding carboxylic acids is 2. The summed E-state index contributed by atoms with van der Waals surface area (Å²) in [6.45, 7) is 7.72. The third-order valence-electron chi connectivity index (χ3n) is 3.15. The Kier molecular flexibility index (Phi) is 4.49. The summed E-state index contributed by atoms with van der Waals surface area (Å²) < 4.78 is 5.46. The molecule has 0 radical (unpaired) electrons. The Morgan fingerprint density at radius 3 is 2.25 bits per heavy atom. The zero-order valence-corrected chi connectivity index (χ0v) is 14.8. The van der Waals surface area contributed by atoms with Gasteiger partial charge in [0.2, 0.25) is 0 Å².